The number of aromatic amines is 2. The second kappa shape index (κ2) is 3.49. The van der Waals surface area contributed by atoms with Gasteiger partial charge in [-0.3, -0.25) is 0 Å². The topological polar surface area (TPSA) is 55.7 Å². The summed E-state index contributed by atoms with van der Waals surface area (Å²) in [6, 6.07) is 3.94. The van der Waals surface area contributed by atoms with E-state index >= 15 is 0 Å². The minimum absolute atomic E-state index is 0. The number of benzene rings is 1. The van der Waals surface area contributed by atoms with E-state index < -0.39 is 0 Å². The summed E-state index contributed by atoms with van der Waals surface area (Å²) < 4.78 is 0. The molecule has 0 radical (unpaired) electrons. The van der Waals surface area contributed by atoms with Crippen LogP contribution in [0.1, 0.15) is 0 Å². The zero-order valence-corrected chi connectivity index (χ0v) is 9.32. The predicted molar refractivity (Wildman–Crippen MR) is 48.0 cm³/mol. The Morgan fingerprint density at radius 2 is 2.14 bits per heavy atom. The van der Waals surface area contributed by atoms with E-state index in [0.29, 0.717) is 0 Å². The van der Waals surface area contributed by atoms with E-state index in [4.69, 9.17) is 0 Å². The van der Waals surface area contributed by atoms with Crippen molar-refractivity contribution < 1.29 is 29.0 Å². The van der Waals surface area contributed by atoms with Crippen molar-refractivity contribution in [3.05, 3.63) is 30.9 Å². The monoisotopic (exact) mass is 298 g/mol. The van der Waals surface area contributed by atoms with E-state index in [1.54, 1.807) is 12.5 Å². The molecule has 0 fully saturated rings. The number of rotatable bonds is 0. The van der Waals surface area contributed by atoms with Crippen molar-refractivity contribution in [2.75, 3.05) is 0 Å². The van der Waals surface area contributed by atoms with Crippen molar-refractivity contribution in [3.8, 4) is 0 Å². The fourth-order valence-electron chi connectivity index (χ4n) is 1.49. The molecule has 2 aromatic heterocycles. The number of fused-ring (bicyclic) bond motifs is 3. The summed E-state index contributed by atoms with van der Waals surface area (Å²) in [5, 5.41) is 0. The van der Waals surface area contributed by atoms with Gasteiger partial charge in [-0.25, -0.2) is 9.97 Å². The molecule has 4 nitrogen and oxygen atoms in total. The van der Waals surface area contributed by atoms with Crippen LogP contribution in [0.2, 0.25) is 0 Å². The van der Waals surface area contributed by atoms with E-state index in [-0.39, 0.29) is 24.0 Å². The molecule has 0 bridgehead atoms. The van der Waals surface area contributed by atoms with Crippen molar-refractivity contribution in [1.29, 1.82) is 0 Å². The molecular weight excluding hydrogens is 291 g/mol. The minimum atomic E-state index is 0. The van der Waals surface area contributed by atoms with Crippen molar-refractivity contribution in [2.45, 2.75) is 0 Å². The maximum Gasteiger partial charge on any atom is 0.285 e. The Morgan fingerprint density at radius 3 is 3.07 bits per heavy atom. The first-order valence-corrected chi connectivity index (χ1v) is 4.03. The average molecular weight is 298 g/mol. The standard InChI is InChI=1S/C9H6N4.HI/c1-2-7-9(13-5-12-7)8-6(1)10-3-4-11-8;/h1-5,10H;1H. The lowest BCUT2D eigenvalue weighted by Gasteiger charge is -1.93. The fourth-order valence-corrected chi connectivity index (χ4v) is 1.49. The molecule has 1 aromatic carbocycles. The van der Waals surface area contributed by atoms with Crippen LogP contribution >= 0.6 is 0 Å². The van der Waals surface area contributed by atoms with Gasteiger partial charge in [-0.05, 0) is 17.1 Å². The highest BCUT2D eigenvalue weighted by atomic mass is 127. The van der Waals surface area contributed by atoms with Gasteiger partial charge in [0.1, 0.15) is 5.52 Å². The van der Waals surface area contributed by atoms with Crippen molar-refractivity contribution >= 4 is 22.1 Å². The smallest absolute Gasteiger partial charge is 0.285 e. The van der Waals surface area contributed by atoms with Gasteiger partial charge in [0.25, 0.3) is 6.33 Å². The van der Waals surface area contributed by atoms with Crippen molar-refractivity contribution in [2.24, 2.45) is 0 Å². The van der Waals surface area contributed by atoms with Gasteiger partial charge in [0.2, 0.25) is 11.0 Å². The Balaban J connectivity index is 0.000000750. The average Bonchev–Trinajstić information content (AvgIpc) is 2.65. The third-order valence-electron chi connectivity index (χ3n) is 2.09. The van der Waals surface area contributed by atoms with E-state index in [2.05, 4.69) is 19.9 Å². The van der Waals surface area contributed by atoms with E-state index in [0.717, 1.165) is 22.1 Å². The van der Waals surface area contributed by atoms with Crippen LogP contribution in [0.15, 0.2) is 30.9 Å². The Kier molecular flexibility index (Phi) is 2.32. The number of nitrogens with zero attached hydrogens (tertiary/aromatic N) is 2. The minimum Gasteiger partial charge on any atom is -1.00 e. The molecular formula is C9H7IN4. The molecule has 3 aromatic rings. The zero-order valence-electron chi connectivity index (χ0n) is 7.16. The van der Waals surface area contributed by atoms with Crippen LogP contribution in [0.25, 0.3) is 22.1 Å². The third-order valence-corrected chi connectivity index (χ3v) is 2.09. The van der Waals surface area contributed by atoms with Crippen LogP contribution < -0.4 is 29.0 Å². The highest BCUT2D eigenvalue weighted by molar-refractivity contribution is 5.97. The van der Waals surface area contributed by atoms with Crippen LogP contribution in [-0.4, -0.2) is 15.0 Å². The Hall–Kier alpha value is -1.24. The number of aromatic nitrogens is 4. The Morgan fingerprint density at radius 1 is 1.21 bits per heavy atom. The van der Waals surface area contributed by atoms with Gasteiger partial charge in [-0.2, -0.15) is 0 Å². The molecule has 0 atom stereocenters. The lowest BCUT2D eigenvalue weighted by atomic mass is 10.2. The summed E-state index contributed by atoms with van der Waals surface area (Å²) in [7, 11) is 0. The van der Waals surface area contributed by atoms with Gasteiger partial charge in [0.05, 0.1) is 5.52 Å². The molecule has 14 heavy (non-hydrogen) atoms. The number of halogens is 1. The molecule has 0 unspecified atom stereocenters. The first kappa shape index (κ1) is 9.32. The lowest BCUT2D eigenvalue weighted by Crippen LogP contribution is -3.00. The second-order valence-corrected chi connectivity index (χ2v) is 2.85. The summed E-state index contributed by atoms with van der Waals surface area (Å²) in [6.07, 6.45) is 5.23. The van der Waals surface area contributed by atoms with Crippen LogP contribution in [0, 0.1) is 0 Å². The number of nitrogens with one attached hydrogen (secondary N) is 2. The maximum atomic E-state index is 4.28. The molecule has 0 spiro atoms. The van der Waals surface area contributed by atoms with Gasteiger partial charge in [-0.15, -0.1) is 0 Å². The summed E-state index contributed by atoms with van der Waals surface area (Å²) >= 11 is 0. The number of hydrogen-bond acceptors (Lipinski definition) is 2. The molecule has 2 heterocycles. The number of H-pyrrole nitrogens is 2. The molecule has 70 valence electrons. The third kappa shape index (κ3) is 1.24. The fraction of sp³-hybridized carbons (Fsp3) is 0. The molecule has 2 N–H and O–H groups in total. The van der Waals surface area contributed by atoms with Gasteiger partial charge in [0.15, 0.2) is 0 Å². The first-order valence-electron chi connectivity index (χ1n) is 4.03. The highest BCUT2D eigenvalue weighted by Crippen LogP contribution is 2.15. The van der Waals surface area contributed by atoms with Crippen LogP contribution in [0.3, 0.4) is 0 Å². The molecule has 0 saturated heterocycles. The largest absolute Gasteiger partial charge is 1.00 e. The summed E-state index contributed by atoms with van der Waals surface area (Å²) in [5.41, 5.74) is 3.87. The molecule has 3 rings (SSSR count). The lowest BCUT2D eigenvalue weighted by molar-refractivity contribution is -0.343. The van der Waals surface area contributed by atoms with E-state index in [1.165, 1.54) is 0 Å². The summed E-state index contributed by atoms with van der Waals surface area (Å²) in [4.78, 5) is 14.6. The molecule has 0 amide bonds. The van der Waals surface area contributed by atoms with Gasteiger partial charge >= 0.3 is 0 Å². The van der Waals surface area contributed by atoms with Crippen LogP contribution in [0.5, 0.6) is 0 Å². The number of hydrogen-bond donors (Lipinski definition) is 1. The highest BCUT2D eigenvalue weighted by Gasteiger charge is 2.09. The summed E-state index contributed by atoms with van der Waals surface area (Å²) in [6.45, 7) is 0. The first-order chi connectivity index (χ1) is 6.45. The van der Waals surface area contributed by atoms with Crippen LogP contribution in [-0.2, 0) is 0 Å². The second-order valence-electron chi connectivity index (χ2n) is 2.85. The van der Waals surface area contributed by atoms with Crippen molar-refractivity contribution in [3.63, 3.8) is 0 Å². The van der Waals surface area contributed by atoms with E-state index in [1.807, 2.05) is 18.3 Å². The molecule has 0 aliphatic carbocycles. The maximum absolute atomic E-state index is 4.28. The zero-order chi connectivity index (χ0) is 8.67. The van der Waals surface area contributed by atoms with Crippen LogP contribution in [0.4, 0.5) is 0 Å². The molecule has 0 aliphatic rings. The van der Waals surface area contributed by atoms with Crippen molar-refractivity contribution in [1.82, 2.24) is 15.0 Å². The molecule has 5 heteroatoms. The predicted octanol–water partition coefficient (Wildman–Crippen LogP) is -2.07. The quantitative estimate of drug-likeness (QED) is 0.485. The van der Waals surface area contributed by atoms with E-state index in [9.17, 15) is 0 Å². The molecule has 0 aliphatic heterocycles. The Bertz CT molecular complexity index is 575. The van der Waals surface area contributed by atoms with Gasteiger partial charge in [-0.1, -0.05) is 0 Å². The van der Waals surface area contributed by atoms with Gasteiger partial charge < -0.3 is 29.0 Å². The number of imidazole rings is 1. The Labute approximate surface area is 96.8 Å². The SMILES string of the molecule is [I-].c1c[nH]c2ccc3nc[nH+]c3c2n1. The normalized spacial score (nSPS) is 10.3. The molecule has 0 saturated carbocycles. The summed E-state index contributed by atoms with van der Waals surface area (Å²) in [5.74, 6) is 0. The van der Waals surface area contributed by atoms with Gasteiger partial charge in [0, 0.05) is 12.4 Å².